The van der Waals surface area contributed by atoms with Gasteiger partial charge in [-0.05, 0) is 25.1 Å². The van der Waals surface area contributed by atoms with Crippen molar-refractivity contribution in [3.8, 4) is 0 Å². The van der Waals surface area contributed by atoms with Crippen molar-refractivity contribution in [2.24, 2.45) is 4.99 Å². The van der Waals surface area contributed by atoms with Crippen LogP contribution >= 0.6 is 0 Å². The highest BCUT2D eigenvalue weighted by Gasteiger charge is 2.17. The van der Waals surface area contributed by atoms with Gasteiger partial charge < -0.3 is 15.4 Å². The molecule has 120 valence electrons. The third kappa shape index (κ3) is 3.75. The van der Waals surface area contributed by atoms with Crippen LogP contribution in [0.1, 0.15) is 12.0 Å². The van der Waals surface area contributed by atoms with Gasteiger partial charge in [-0.3, -0.25) is 9.89 Å². The number of nitrogens with zero attached hydrogens (tertiary/aromatic N) is 2. The number of aliphatic imine (C=N–C) groups is 1. The lowest BCUT2D eigenvalue weighted by Crippen LogP contribution is -2.37. The Morgan fingerprint density at radius 1 is 1.32 bits per heavy atom. The van der Waals surface area contributed by atoms with Crippen molar-refractivity contribution in [1.29, 1.82) is 0 Å². The zero-order valence-electron chi connectivity index (χ0n) is 12.8. The van der Waals surface area contributed by atoms with Gasteiger partial charge in [0, 0.05) is 31.9 Å². The fraction of sp³-hybridized carbons (Fsp3) is 0.562. The van der Waals surface area contributed by atoms with E-state index in [-0.39, 0.29) is 5.82 Å². The van der Waals surface area contributed by atoms with Crippen molar-refractivity contribution < 1.29 is 9.13 Å². The molecule has 1 saturated heterocycles. The summed E-state index contributed by atoms with van der Waals surface area (Å²) in [6, 6.07) is 5.13. The van der Waals surface area contributed by atoms with Crippen LogP contribution in [-0.4, -0.2) is 63.2 Å². The highest BCUT2D eigenvalue weighted by atomic mass is 19.1. The first-order valence-electron chi connectivity index (χ1n) is 7.96. The van der Waals surface area contributed by atoms with Crippen LogP contribution in [-0.2, 0) is 4.74 Å². The smallest absolute Gasteiger partial charge is 0.136 e. The third-order valence-electron chi connectivity index (χ3n) is 3.99. The number of amidine groups is 1. The van der Waals surface area contributed by atoms with Gasteiger partial charge in [0.05, 0.1) is 25.3 Å². The van der Waals surface area contributed by atoms with Crippen molar-refractivity contribution in [3.63, 3.8) is 0 Å². The molecular weight excluding hydrogens is 283 g/mol. The number of rotatable bonds is 6. The van der Waals surface area contributed by atoms with Crippen LogP contribution in [0.2, 0.25) is 0 Å². The van der Waals surface area contributed by atoms with E-state index in [1.165, 1.54) is 6.07 Å². The summed E-state index contributed by atoms with van der Waals surface area (Å²) in [6.07, 6.45) is 1.02. The second-order valence-electron chi connectivity index (χ2n) is 5.55. The Hall–Kier alpha value is -1.66. The molecule has 1 aromatic carbocycles. The third-order valence-corrected chi connectivity index (χ3v) is 3.99. The Morgan fingerprint density at radius 2 is 2.18 bits per heavy atom. The predicted octanol–water partition coefficient (Wildman–Crippen LogP) is 1.31. The van der Waals surface area contributed by atoms with Crippen molar-refractivity contribution in [2.75, 3.05) is 57.8 Å². The van der Waals surface area contributed by atoms with Crippen LogP contribution in [0.15, 0.2) is 23.2 Å². The molecule has 0 unspecified atom stereocenters. The second kappa shape index (κ2) is 7.56. The summed E-state index contributed by atoms with van der Waals surface area (Å²) in [5.41, 5.74) is 1.38. The van der Waals surface area contributed by atoms with Crippen molar-refractivity contribution >= 4 is 11.5 Å². The lowest BCUT2D eigenvalue weighted by molar-refractivity contribution is 0.0378. The normalized spacial score (nSPS) is 18.9. The van der Waals surface area contributed by atoms with Crippen LogP contribution in [0.5, 0.6) is 0 Å². The number of ether oxygens (including phenoxy) is 1. The Labute approximate surface area is 130 Å². The molecule has 2 aliphatic rings. The van der Waals surface area contributed by atoms with E-state index in [1.807, 2.05) is 6.07 Å². The van der Waals surface area contributed by atoms with Crippen LogP contribution in [0.4, 0.5) is 10.1 Å². The van der Waals surface area contributed by atoms with E-state index in [1.54, 1.807) is 6.07 Å². The minimum absolute atomic E-state index is 0.230. The maximum Gasteiger partial charge on any atom is 0.136 e. The summed E-state index contributed by atoms with van der Waals surface area (Å²) in [4.78, 5) is 6.74. The maximum absolute atomic E-state index is 14.1. The highest BCUT2D eigenvalue weighted by molar-refractivity contribution is 6.04. The number of nitrogens with one attached hydrogen (secondary N) is 2. The van der Waals surface area contributed by atoms with Gasteiger partial charge in [-0.25, -0.2) is 4.39 Å². The quantitative estimate of drug-likeness (QED) is 0.778. The summed E-state index contributed by atoms with van der Waals surface area (Å²) in [6.45, 7) is 7.01. The van der Waals surface area contributed by atoms with E-state index in [0.29, 0.717) is 17.9 Å². The van der Waals surface area contributed by atoms with Gasteiger partial charge in [-0.2, -0.15) is 0 Å². The van der Waals surface area contributed by atoms with Crippen LogP contribution in [0.25, 0.3) is 0 Å². The minimum Gasteiger partial charge on any atom is -0.384 e. The van der Waals surface area contributed by atoms with E-state index in [0.717, 1.165) is 58.0 Å². The van der Waals surface area contributed by atoms with Gasteiger partial charge in [0.2, 0.25) is 0 Å². The molecule has 0 atom stereocenters. The summed E-state index contributed by atoms with van der Waals surface area (Å²) in [5, 5.41) is 6.50. The van der Waals surface area contributed by atoms with E-state index in [9.17, 15) is 4.39 Å². The lowest BCUT2D eigenvalue weighted by atomic mass is 10.1. The zero-order chi connectivity index (χ0) is 15.2. The summed E-state index contributed by atoms with van der Waals surface area (Å²) < 4.78 is 19.5. The Bertz CT molecular complexity index is 529. The maximum atomic E-state index is 14.1. The number of morpholine rings is 1. The molecule has 2 heterocycles. The molecule has 0 amide bonds. The molecule has 2 N–H and O–H groups in total. The van der Waals surface area contributed by atoms with E-state index in [4.69, 9.17) is 4.74 Å². The molecule has 2 aliphatic heterocycles. The number of anilines is 1. The topological polar surface area (TPSA) is 48.9 Å². The number of benzene rings is 1. The van der Waals surface area contributed by atoms with Crippen LogP contribution in [0, 0.1) is 5.82 Å². The number of halogens is 1. The van der Waals surface area contributed by atoms with Gasteiger partial charge in [0.25, 0.3) is 0 Å². The van der Waals surface area contributed by atoms with Crippen molar-refractivity contribution in [3.05, 3.63) is 29.6 Å². The first kappa shape index (κ1) is 15.2. The largest absolute Gasteiger partial charge is 0.384 e. The molecular formula is C16H23FN4O. The van der Waals surface area contributed by atoms with Crippen molar-refractivity contribution in [2.45, 2.75) is 6.42 Å². The molecule has 0 spiro atoms. The monoisotopic (exact) mass is 306 g/mol. The zero-order valence-corrected chi connectivity index (χ0v) is 12.8. The average molecular weight is 306 g/mol. The first-order valence-corrected chi connectivity index (χ1v) is 7.96. The molecule has 0 radical (unpaired) electrons. The van der Waals surface area contributed by atoms with E-state index in [2.05, 4.69) is 20.5 Å². The fourth-order valence-electron chi connectivity index (χ4n) is 2.83. The summed E-state index contributed by atoms with van der Waals surface area (Å²) in [7, 11) is 0. The predicted molar refractivity (Wildman–Crippen MR) is 86.2 cm³/mol. The SMILES string of the molecule is Fc1cccc(NCCCN2CCOCC2)c1C1=NCCN1. The van der Waals surface area contributed by atoms with E-state index >= 15 is 0 Å². The van der Waals surface area contributed by atoms with E-state index < -0.39 is 0 Å². The standard InChI is InChI=1S/C16H23FN4O/c17-13-3-1-4-14(15(13)16-19-6-7-20-16)18-5-2-8-21-9-11-22-12-10-21/h1,3-4,18H,2,5-12H2,(H,19,20). The first-order chi connectivity index (χ1) is 10.8. The molecule has 1 fully saturated rings. The lowest BCUT2D eigenvalue weighted by Gasteiger charge is -2.26. The molecule has 6 heteroatoms. The van der Waals surface area contributed by atoms with Gasteiger partial charge in [0.15, 0.2) is 0 Å². The Balaban J connectivity index is 1.54. The number of hydrogen-bond donors (Lipinski definition) is 2. The number of hydrogen-bond acceptors (Lipinski definition) is 5. The van der Waals surface area contributed by atoms with Crippen LogP contribution in [0.3, 0.4) is 0 Å². The Kier molecular flexibility index (Phi) is 5.24. The summed E-state index contributed by atoms with van der Waals surface area (Å²) in [5.74, 6) is 0.431. The molecule has 22 heavy (non-hydrogen) atoms. The van der Waals surface area contributed by atoms with Gasteiger partial charge in [0.1, 0.15) is 11.7 Å². The molecule has 0 aliphatic carbocycles. The van der Waals surface area contributed by atoms with Crippen LogP contribution < -0.4 is 10.6 Å². The molecule has 0 saturated carbocycles. The van der Waals surface area contributed by atoms with Gasteiger partial charge >= 0.3 is 0 Å². The van der Waals surface area contributed by atoms with Gasteiger partial charge in [-0.15, -0.1) is 0 Å². The molecule has 5 nitrogen and oxygen atoms in total. The molecule has 1 aromatic rings. The highest BCUT2D eigenvalue weighted by Crippen LogP contribution is 2.20. The van der Waals surface area contributed by atoms with Crippen molar-refractivity contribution in [1.82, 2.24) is 10.2 Å². The summed E-state index contributed by atoms with van der Waals surface area (Å²) >= 11 is 0. The molecule has 0 aromatic heterocycles. The second-order valence-corrected chi connectivity index (χ2v) is 5.55. The average Bonchev–Trinajstić information content (AvgIpc) is 3.06. The minimum atomic E-state index is -0.230. The fourth-order valence-corrected chi connectivity index (χ4v) is 2.83. The Morgan fingerprint density at radius 3 is 2.95 bits per heavy atom. The van der Waals surface area contributed by atoms with Gasteiger partial charge in [-0.1, -0.05) is 6.07 Å². The molecule has 0 bridgehead atoms. The molecule has 3 rings (SSSR count).